The Morgan fingerprint density at radius 3 is 3.00 bits per heavy atom. The zero-order valence-electron chi connectivity index (χ0n) is 6.73. The second-order valence-electron chi connectivity index (χ2n) is 2.61. The Morgan fingerprint density at radius 1 is 1.57 bits per heavy atom. The second-order valence-corrected chi connectivity index (χ2v) is 3.67. The number of aromatic amines is 1. The molecule has 0 saturated heterocycles. The molecule has 1 aromatic heterocycles. The molecule has 0 bridgehead atoms. The van der Waals surface area contributed by atoms with E-state index in [1.54, 1.807) is 0 Å². The molecule has 72 valence electrons. The minimum atomic E-state index is -0.455. The Morgan fingerprint density at radius 2 is 2.36 bits per heavy atom. The summed E-state index contributed by atoms with van der Waals surface area (Å²) < 4.78 is 0. The molecule has 1 aromatic carbocycles. The van der Waals surface area contributed by atoms with E-state index in [0.717, 1.165) is 16.5 Å². The quantitative estimate of drug-likeness (QED) is 0.635. The van der Waals surface area contributed by atoms with Gasteiger partial charge >= 0.3 is 0 Å². The molecule has 0 aliphatic rings. The number of non-ortho nitro benzene ring substituents is 1. The molecule has 2 rings (SSSR count). The van der Waals surface area contributed by atoms with Crippen molar-refractivity contribution in [3.05, 3.63) is 28.4 Å². The summed E-state index contributed by atoms with van der Waals surface area (Å²) in [6.45, 7) is 0. The van der Waals surface area contributed by atoms with Gasteiger partial charge in [-0.05, 0) is 21.7 Å². The maximum atomic E-state index is 10.6. The van der Waals surface area contributed by atoms with Gasteiger partial charge in [0.15, 0.2) is 0 Å². The molecule has 0 fully saturated rings. The summed E-state index contributed by atoms with van der Waals surface area (Å²) in [4.78, 5) is 10.7. The fraction of sp³-hybridized carbons (Fsp3) is 0. The van der Waals surface area contributed by atoms with E-state index in [1.165, 1.54) is 18.3 Å². The van der Waals surface area contributed by atoms with Gasteiger partial charge in [0, 0.05) is 17.5 Å². The first kappa shape index (κ1) is 9.29. The highest BCUT2D eigenvalue weighted by molar-refractivity contribution is 8.21. The molecule has 14 heavy (non-hydrogen) atoms. The van der Waals surface area contributed by atoms with Gasteiger partial charge in [-0.25, -0.2) is 0 Å². The number of H-pyrrole nitrogens is 1. The number of aromatic nitrogens is 2. The zero-order valence-corrected chi connectivity index (χ0v) is 8.30. The predicted octanol–water partition coefficient (Wildman–Crippen LogP) is 2.72. The summed E-state index contributed by atoms with van der Waals surface area (Å²) >= 11 is 0. The van der Waals surface area contributed by atoms with Crippen molar-refractivity contribution in [2.45, 2.75) is 4.90 Å². The summed E-state index contributed by atoms with van der Waals surface area (Å²) in [6.07, 6.45) is 1.53. The van der Waals surface area contributed by atoms with Crippen LogP contribution in [0.15, 0.2) is 23.2 Å². The number of nitro groups is 1. The Balaban J connectivity index is 2.73. The van der Waals surface area contributed by atoms with Gasteiger partial charge in [-0.3, -0.25) is 15.2 Å². The summed E-state index contributed by atoms with van der Waals surface area (Å²) in [5.41, 5.74) is 0.734. The van der Waals surface area contributed by atoms with Crippen LogP contribution in [0.2, 0.25) is 0 Å². The van der Waals surface area contributed by atoms with Crippen LogP contribution >= 0.6 is 21.7 Å². The maximum Gasteiger partial charge on any atom is 0.271 e. The molecule has 0 aliphatic heterocycles. The minimum Gasteiger partial charge on any atom is -0.277 e. The van der Waals surface area contributed by atoms with E-state index in [4.69, 9.17) is 10.7 Å². The first-order valence-corrected chi connectivity index (χ1v) is 5.27. The highest BCUT2D eigenvalue weighted by atomic mass is 35.7. The van der Waals surface area contributed by atoms with Crippen molar-refractivity contribution in [3.8, 4) is 0 Å². The van der Waals surface area contributed by atoms with Crippen LogP contribution in [0.1, 0.15) is 0 Å². The molecule has 1 heterocycles. The fourth-order valence-electron chi connectivity index (χ4n) is 1.18. The number of nitrogens with zero attached hydrogens (tertiary/aromatic N) is 2. The van der Waals surface area contributed by atoms with Crippen molar-refractivity contribution in [2.75, 3.05) is 0 Å². The average molecular weight is 230 g/mol. The van der Waals surface area contributed by atoms with Crippen LogP contribution in [0.4, 0.5) is 5.69 Å². The highest BCUT2D eigenvalue weighted by Crippen LogP contribution is 2.32. The lowest BCUT2D eigenvalue weighted by molar-refractivity contribution is -0.384. The van der Waals surface area contributed by atoms with Crippen LogP contribution in [0, 0.1) is 10.1 Å². The normalized spacial score (nSPS) is 10.6. The van der Waals surface area contributed by atoms with E-state index in [0.29, 0.717) is 10.3 Å². The topological polar surface area (TPSA) is 71.8 Å². The summed E-state index contributed by atoms with van der Waals surface area (Å²) in [5, 5.41) is 17.8. The molecule has 5 nitrogen and oxygen atoms in total. The molecule has 0 atom stereocenters. The van der Waals surface area contributed by atoms with Crippen LogP contribution in [0.25, 0.3) is 10.9 Å². The number of halogens is 1. The lowest BCUT2D eigenvalue weighted by Gasteiger charge is -1.96. The van der Waals surface area contributed by atoms with E-state index >= 15 is 0 Å². The van der Waals surface area contributed by atoms with E-state index in [1.807, 2.05) is 0 Å². The van der Waals surface area contributed by atoms with Gasteiger partial charge in [-0.2, -0.15) is 5.10 Å². The standard InChI is InChI=1S/C7H4ClN3O2S/c8-14-6-2-5(11(12)13)1-4-3-9-10-7(4)6/h1-3H,(H,9,10). The first-order valence-electron chi connectivity index (χ1n) is 3.62. The van der Waals surface area contributed by atoms with Crippen LogP contribution in [-0.4, -0.2) is 15.1 Å². The van der Waals surface area contributed by atoms with E-state index < -0.39 is 4.92 Å². The van der Waals surface area contributed by atoms with Gasteiger partial charge < -0.3 is 0 Å². The minimum absolute atomic E-state index is 0.0158. The molecule has 0 unspecified atom stereocenters. The molecule has 0 saturated carbocycles. The molecule has 0 aliphatic carbocycles. The molecular weight excluding hydrogens is 226 g/mol. The van der Waals surface area contributed by atoms with Crippen molar-refractivity contribution >= 4 is 38.2 Å². The SMILES string of the molecule is O=[N+]([O-])c1cc(SCl)c2[nH]ncc2c1. The van der Waals surface area contributed by atoms with Gasteiger partial charge in [0.2, 0.25) is 0 Å². The Bertz CT molecular complexity index is 499. The number of rotatable bonds is 2. The van der Waals surface area contributed by atoms with Gasteiger partial charge in [-0.1, -0.05) is 0 Å². The largest absolute Gasteiger partial charge is 0.277 e. The van der Waals surface area contributed by atoms with Gasteiger partial charge in [0.1, 0.15) is 0 Å². The summed E-state index contributed by atoms with van der Waals surface area (Å²) in [6, 6.07) is 2.87. The first-order chi connectivity index (χ1) is 6.72. The molecule has 0 amide bonds. The average Bonchev–Trinajstić information content (AvgIpc) is 2.63. The van der Waals surface area contributed by atoms with Gasteiger partial charge in [0.05, 0.1) is 21.5 Å². The second kappa shape index (κ2) is 3.47. The van der Waals surface area contributed by atoms with Crippen molar-refractivity contribution in [3.63, 3.8) is 0 Å². The highest BCUT2D eigenvalue weighted by Gasteiger charge is 2.12. The van der Waals surface area contributed by atoms with Crippen LogP contribution in [0.5, 0.6) is 0 Å². The third-order valence-corrected chi connectivity index (χ3v) is 2.78. The Labute approximate surface area is 87.1 Å². The number of fused-ring (bicyclic) bond motifs is 1. The molecule has 2 aromatic rings. The maximum absolute atomic E-state index is 10.6. The molecule has 7 heteroatoms. The lowest BCUT2D eigenvalue weighted by Crippen LogP contribution is -1.88. The van der Waals surface area contributed by atoms with E-state index in [9.17, 15) is 10.1 Å². The van der Waals surface area contributed by atoms with Crippen LogP contribution in [-0.2, 0) is 0 Å². The van der Waals surface area contributed by atoms with Crippen LogP contribution < -0.4 is 0 Å². The van der Waals surface area contributed by atoms with E-state index in [2.05, 4.69) is 10.2 Å². The lowest BCUT2D eigenvalue weighted by atomic mass is 10.2. The summed E-state index contributed by atoms with van der Waals surface area (Å²) in [5.74, 6) is 0. The Kier molecular flexibility index (Phi) is 2.30. The fourth-order valence-corrected chi connectivity index (χ4v) is 1.95. The third kappa shape index (κ3) is 1.42. The zero-order chi connectivity index (χ0) is 10.1. The number of benzene rings is 1. The third-order valence-electron chi connectivity index (χ3n) is 1.79. The molecule has 0 spiro atoms. The number of nitro benzene ring substituents is 1. The van der Waals surface area contributed by atoms with Crippen molar-refractivity contribution in [1.82, 2.24) is 10.2 Å². The smallest absolute Gasteiger partial charge is 0.271 e. The molecule has 1 N–H and O–H groups in total. The van der Waals surface area contributed by atoms with Crippen LogP contribution in [0.3, 0.4) is 0 Å². The molecule has 0 radical (unpaired) electrons. The number of nitrogens with one attached hydrogen (secondary N) is 1. The monoisotopic (exact) mass is 229 g/mol. The number of hydrogen-bond acceptors (Lipinski definition) is 4. The van der Waals surface area contributed by atoms with Crippen molar-refractivity contribution in [1.29, 1.82) is 0 Å². The Hall–Kier alpha value is -1.27. The molecular formula is C7H4ClN3O2S. The van der Waals surface area contributed by atoms with Crippen molar-refractivity contribution < 1.29 is 4.92 Å². The van der Waals surface area contributed by atoms with E-state index in [-0.39, 0.29) is 5.69 Å². The van der Waals surface area contributed by atoms with Crippen molar-refractivity contribution in [2.24, 2.45) is 0 Å². The number of hydrogen-bond donors (Lipinski definition) is 1. The summed E-state index contributed by atoms with van der Waals surface area (Å²) in [7, 11) is 6.52. The van der Waals surface area contributed by atoms with Gasteiger partial charge in [-0.15, -0.1) is 0 Å². The van der Waals surface area contributed by atoms with Gasteiger partial charge in [0.25, 0.3) is 5.69 Å². The predicted molar refractivity (Wildman–Crippen MR) is 54.5 cm³/mol.